The van der Waals surface area contributed by atoms with Crippen LogP contribution in [0.4, 0.5) is 0 Å². The van der Waals surface area contributed by atoms with E-state index in [0.29, 0.717) is 0 Å². The van der Waals surface area contributed by atoms with Gasteiger partial charge >= 0.3 is 0 Å². The largest absolute Gasteiger partial charge is 0.321 e. The number of quaternary nitrogens is 1. The Balaban J connectivity index is 1.95. The summed E-state index contributed by atoms with van der Waals surface area (Å²) in [6.45, 7) is 15.3. The van der Waals surface area contributed by atoms with Gasteiger partial charge in [-0.25, -0.2) is 0 Å². The summed E-state index contributed by atoms with van der Waals surface area (Å²) in [6.07, 6.45) is 5.64. The van der Waals surface area contributed by atoms with Crippen LogP contribution in [0.2, 0.25) is 0 Å². The Morgan fingerprint density at radius 3 is 2.46 bits per heavy atom. The third kappa shape index (κ3) is 3.82. The Morgan fingerprint density at radius 1 is 1.00 bits per heavy atom. The van der Waals surface area contributed by atoms with Crippen LogP contribution < -0.4 is 0 Å². The predicted octanol–water partition coefficient (Wildman–Crippen LogP) is 6.32. The number of hydrogen-bond acceptors (Lipinski definition) is 1. The van der Waals surface area contributed by atoms with E-state index < -0.39 is 0 Å². The molecule has 0 saturated carbocycles. The van der Waals surface area contributed by atoms with E-state index in [9.17, 15) is 0 Å². The lowest BCUT2D eigenvalue weighted by molar-refractivity contribution is -0.919. The maximum atomic E-state index is 3.97. The first-order valence-corrected chi connectivity index (χ1v) is 10.5. The van der Waals surface area contributed by atoms with Crippen LogP contribution in [0.1, 0.15) is 37.0 Å². The van der Waals surface area contributed by atoms with Crippen LogP contribution in [-0.2, 0) is 0 Å². The van der Waals surface area contributed by atoms with E-state index in [1.165, 1.54) is 38.6 Å². The Kier molecular flexibility index (Phi) is 6.05. The fourth-order valence-electron chi connectivity index (χ4n) is 3.85. The maximum absolute atomic E-state index is 3.97. The normalized spacial score (nSPS) is 14.8. The van der Waals surface area contributed by atoms with Gasteiger partial charge < -0.3 is 4.48 Å². The van der Waals surface area contributed by atoms with E-state index in [-0.39, 0.29) is 0 Å². The zero-order chi connectivity index (χ0) is 18.6. The van der Waals surface area contributed by atoms with Crippen molar-refractivity contribution < 1.29 is 4.48 Å². The number of likely N-dealkylation sites (N-methyl/N-ethyl adjacent to an activating group) is 1. The van der Waals surface area contributed by atoms with Crippen molar-refractivity contribution in [3.8, 4) is 0 Å². The third-order valence-electron chi connectivity index (χ3n) is 5.63. The van der Waals surface area contributed by atoms with Crippen molar-refractivity contribution in [3.63, 3.8) is 0 Å². The molecule has 2 aromatic rings. The van der Waals surface area contributed by atoms with Gasteiger partial charge in [-0.15, -0.1) is 0 Å². The lowest BCUT2D eigenvalue weighted by Crippen LogP contribution is -2.48. The van der Waals surface area contributed by atoms with Crippen molar-refractivity contribution in [3.05, 3.63) is 77.9 Å². The van der Waals surface area contributed by atoms with Gasteiger partial charge in [0.2, 0.25) is 0 Å². The average molecular weight is 365 g/mol. The molecular weight excluding hydrogens is 334 g/mol. The summed E-state index contributed by atoms with van der Waals surface area (Å²) in [7, 11) is 0. The molecule has 2 aromatic carbocycles. The van der Waals surface area contributed by atoms with Crippen molar-refractivity contribution >= 4 is 17.3 Å². The van der Waals surface area contributed by atoms with Crippen molar-refractivity contribution in [1.82, 2.24) is 0 Å². The van der Waals surface area contributed by atoms with Gasteiger partial charge in [0, 0.05) is 16.2 Å². The summed E-state index contributed by atoms with van der Waals surface area (Å²) in [5.74, 6) is 0. The fourth-order valence-corrected chi connectivity index (χ4v) is 4.94. The van der Waals surface area contributed by atoms with Crippen LogP contribution in [0, 0.1) is 6.92 Å². The lowest BCUT2D eigenvalue weighted by atomic mass is 9.95. The monoisotopic (exact) mass is 364 g/mol. The molecule has 0 saturated heterocycles. The predicted molar refractivity (Wildman–Crippen MR) is 115 cm³/mol. The molecule has 0 bridgehead atoms. The topological polar surface area (TPSA) is 0 Å². The summed E-state index contributed by atoms with van der Waals surface area (Å²) in [4.78, 5) is 2.74. The van der Waals surface area contributed by atoms with E-state index in [1.807, 2.05) is 11.8 Å². The molecule has 0 amide bonds. The van der Waals surface area contributed by atoms with Crippen LogP contribution in [0.5, 0.6) is 0 Å². The molecule has 0 unspecified atom stereocenters. The highest BCUT2D eigenvalue weighted by molar-refractivity contribution is 7.99. The second-order valence-electron chi connectivity index (χ2n) is 7.17. The Morgan fingerprint density at radius 2 is 1.73 bits per heavy atom. The summed E-state index contributed by atoms with van der Waals surface area (Å²) in [5, 5.41) is 0. The van der Waals surface area contributed by atoms with Crippen molar-refractivity contribution in [1.29, 1.82) is 0 Å². The highest BCUT2D eigenvalue weighted by atomic mass is 32.2. The maximum Gasteiger partial charge on any atom is 0.0971 e. The Hall–Kier alpha value is -1.77. The molecule has 0 spiro atoms. The molecule has 1 aliphatic heterocycles. The minimum atomic E-state index is 1.05. The van der Waals surface area contributed by atoms with Crippen LogP contribution >= 0.6 is 11.8 Å². The van der Waals surface area contributed by atoms with Gasteiger partial charge in [-0.05, 0) is 55.7 Å². The van der Waals surface area contributed by atoms with Crippen LogP contribution in [0.15, 0.2) is 71.0 Å². The average Bonchev–Trinajstić information content (AvgIpc) is 2.67. The van der Waals surface area contributed by atoms with Crippen molar-refractivity contribution in [2.24, 2.45) is 0 Å². The number of hydrogen-bond donors (Lipinski definition) is 0. The summed E-state index contributed by atoms with van der Waals surface area (Å²) >= 11 is 1.89. The standard InChI is InChI=1S/C24H30NS/c1-5-16-25(6-2,7-3)17-10-12-20-21-11-8-9-13-23(21)26-24-15-14-19(4)18-22(20)24/h5,8-9,11-15,18H,1,6-7,10,16-17H2,2-4H3/q+1/b20-12+. The van der Waals surface area contributed by atoms with Crippen LogP contribution in [0.3, 0.4) is 0 Å². The molecule has 136 valence electrons. The molecule has 1 nitrogen and oxygen atoms in total. The van der Waals surface area contributed by atoms with Gasteiger partial charge in [0.05, 0.1) is 26.2 Å². The number of benzene rings is 2. The molecule has 0 aromatic heterocycles. The molecule has 0 radical (unpaired) electrons. The van der Waals surface area contributed by atoms with E-state index >= 15 is 0 Å². The van der Waals surface area contributed by atoms with Gasteiger partial charge in [-0.1, -0.05) is 60.3 Å². The molecule has 2 heteroatoms. The molecule has 1 heterocycles. The number of nitrogens with zero attached hydrogens (tertiary/aromatic N) is 1. The first kappa shape index (κ1) is 19.0. The fraction of sp³-hybridized carbons (Fsp3) is 0.333. The molecule has 26 heavy (non-hydrogen) atoms. The van der Waals surface area contributed by atoms with Gasteiger partial charge in [-0.3, -0.25) is 0 Å². The minimum absolute atomic E-state index is 1.05. The SMILES string of the molecule is C=CC[N+](CC)(CC)CC/C=C1\c2ccccc2Sc2ccc(C)cc21. The van der Waals surface area contributed by atoms with E-state index in [4.69, 9.17) is 0 Å². The van der Waals surface area contributed by atoms with E-state index in [1.54, 1.807) is 0 Å². The van der Waals surface area contributed by atoms with Gasteiger partial charge in [-0.2, -0.15) is 0 Å². The van der Waals surface area contributed by atoms with Crippen molar-refractivity contribution in [2.75, 3.05) is 26.2 Å². The number of aryl methyl sites for hydroxylation is 1. The van der Waals surface area contributed by atoms with Crippen molar-refractivity contribution in [2.45, 2.75) is 37.0 Å². The lowest BCUT2D eigenvalue weighted by Gasteiger charge is -2.35. The quantitative estimate of drug-likeness (QED) is 0.349. The Labute approximate surface area is 163 Å². The molecule has 0 fully saturated rings. The second-order valence-corrected chi connectivity index (χ2v) is 8.26. The molecule has 0 atom stereocenters. The summed E-state index contributed by atoms with van der Waals surface area (Å²) in [6, 6.07) is 15.6. The smallest absolute Gasteiger partial charge is 0.0971 e. The van der Waals surface area contributed by atoms with E-state index in [2.05, 4.69) is 82.0 Å². The number of fused-ring (bicyclic) bond motifs is 2. The summed E-state index contributed by atoms with van der Waals surface area (Å²) in [5.41, 5.74) is 5.50. The van der Waals surface area contributed by atoms with Gasteiger partial charge in [0.1, 0.15) is 0 Å². The van der Waals surface area contributed by atoms with Crippen LogP contribution in [-0.4, -0.2) is 30.7 Å². The third-order valence-corrected chi connectivity index (χ3v) is 6.78. The Bertz CT molecular complexity index is 815. The van der Waals surface area contributed by atoms with Crippen LogP contribution in [0.25, 0.3) is 5.57 Å². The molecule has 0 N–H and O–H groups in total. The van der Waals surface area contributed by atoms with E-state index in [0.717, 1.165) is 30.5 Å². The highest BCUT2D eigenvalue weighted by Gasteiger charge is 2.23. The molecule has 3 rings (SSSR count). The molecule has 1 aliphatic rings. The zero-order valence-electron chi connectivity index (χ0n) is 16.3. The highest BCUT2D eigenvalue weighted by Crippen LogP contribution is 2.45. The molecule has 0 aliphatic carbocycles. The van der Waals surface area contributed by atoms with Gasteiger partial charge in [0.25, 0.3) is 0 Å². The summed E-state index contributed by atoms with van der Waals surface area (Å²) < 4.78 is 1.12. The number of rotatable bonds is 7. The first-order valence-electron chi connectivity index (χ1n) is 9.67. The minimum Gasteiger partial charge on any atom is -0.321 e. The van der Waals surface area contributed by atoms with Gasteiger partial charge in [0.15, 0.2) is 0 Å². The molecular formula is C24H30NS+. The zero-order valence-corrected chi connectivity index (χ0v) is 17.1. The first-order chi connectivity index (χ1) is 12.6. The second kappa shape index (κ2) is 8.28.